The first-order chi connectivity index (χ1) is 15.6. The van der Waals surface area contributed by atoms with Crippen LogP contribution in [0.1, 0.15) is 29.2 Å². The number of ether oxygens (including phenoxy) is 1. The summed E-state index contributed by atoms with van der Waals surface area (Å²) in [6.07, 6.45) is 0.607. The lowest BCUT2D eigenvalue weighted by molar-refractivity contribution is -0.858. The molecule has 1 fully saturated rings. The Kier molecular flexibility index (Phi) is 7.13. The molecule has 3 rings (SSSR count). The second-order valence-corrected chi connectivity index (χ2v) is 8.32. The molecule has 0 aliphatic carbocycles. The molecule has 2 aromatic carbocycles. The number of methoxy groups -OCH3 is 1. The van der Waals surface area contributed by atoms with Crippen molar-refractivity contribution < 1.29 is 29.3 Å². The van der Waals surface area contributed by atoms with Gasteiger partial charge in [-0.15, -0.1) is 0 Å². The van der Waals surface area contributed by atoms with Crippen LogP contribution in [-0.4, -0.2) is 55.8 Å². The van der Waals surface area contributed by atoms with E-state index >= 15 is 0 Å². The summed E-state index contributed by atoms with van der Waals surface area (Å²) in [6.45, 7) is 2.78. The number of nitro groups is 1. The van der Waals surface area contributed by atoms with Gasteiger partial charge in [-0.3, -0.25) is 19.7 Å². The highest BCUT2D eigenvalue weighted by atomic mass is 16.6. The number of aryl methyl sites for hydroxylation is 1. The zero-order valence-electron chi connectivity index (χ0n) is 19.1. The molecule has 0 saturated carbocycles. The third-order valence-electron chi connectivity index (χ3n) is 5.66. The summed E-state index contributed by atoms with van der Waals surface area (Å²) in [5, 5.41) is 24.8. The Bertz CT molecular complexity index is 1120. The molecule has 1 aliphatic heterocycles. The molecule has 1 aliphatic rings. The third kappa shape index (κ3) is 4.88. The first kappa shape index (κ1) is 23.9. The molecule has 0 bridgehead atoms. The molecule has 2 aromatic rings. The van der Waals surface area contributed by atoms with Crippen molar-refractivity contribution in [3.8, 4) is 5.75 Å². The summed E-state index contributed by atoms with van der Waals surface area (Å²) < 4.78 is 5.24. The first-order valence-electron chi connectivity index (χ1n) is 10.6. The molecule has 9 heteroatoms. The number of ketones is 1. The number of Topliss-reactive ketones (excluding diaryl/α,β-unsaturated/α-hetero) is 1. The lowest BCUT2D eigenvalue weighted by Gasteiger charge is -2.27. The van der Waals surface area contributed by atoms with Gasteiger partial charge in [0.2, 0.25) is 5.78 Å². The van der Waals surface area contributed by atoms with E-state index in [1.165, 1.54) is 35.1 Å². The minimum Gasteiger partial charge on any atom is -0.872 e. The van der Waals surface area contributed by atoms with E-state index < -0.39 is 28.4 Å². The van der Waals surface area contributed by atoms with Crippen molar-refractivity contribution in [1.82, 2.24) is 4.90 Å². The fourth-order valence-electron chi connectivity index (χ4n) is 4.03. The number of hydrogen-bond acceptors (Lipinski definition) is 6. The summed E-state index contributed by atoms with van der Waals surface area (Å²) in [6, 6.07) is 9.52. The van der Waals surface area contributed by atoms with Gasteiger partial charge in [0.15, 0.2) is 0 Å². The van der Waals surface area contributed by atoms with Crippen LogP contribution in [0.3, 0.4) is 0 Å². The minimum atomic E-state index is -0.989. The van der Waals surface area contributed by atoms with Crippen molar-refractivity contribution in [3.05, 3.63) is 74.8 Å². The molecule has 174 valence electrons. The van der Waals surface area contributed by atoms with Gasteiger partial charge in [0.25, 0.3) is 11.6 Å². The lowest BCUT2D eigenvalue weighted by Crippen LogP contribution is -3.05. The molecule has 1 atom stereocenters. The van der Waals surface area contributed by atoms with Gasteiger partial charge >= 0.3 is 0 Å². The van der Waals surface area contributed by atoms with Gasteiger partial charge in [-0.05, 0) is 35.7 Å². The van der Waals surface area contributed by atoms with Crippen LogP contribution in [0, 0.1) is 17.0 Å². The Morgan fingerprint density at radius 2 is 1.91 bits per heavy atom. The molecule has 1 unspecified atom stereocenters. The van der Waals surface area contributed by atoms with E-state index in [9.17, 15) is 24.8 Å². The molecule has 1 saturated heterocycles. The van der Waals surface area contributed by atoms with Gasteiger partial charge in [0.1, 0.15) is 5.75 Å². The molecule has 1 N–H and O–H groups in total. The summed E-state index contributed by atoms with van der Waals surface area (Å²) in [4.78, 5) is 39.3. The maximum atomic E-state index is 13.5. The molecular weight excluding hydrogens is 426 g/mol. The van der Waals surface area contributed by atoms with Crippen molar-refractivity contribution >= 4 is 23.1 Å². The van der Waals surface area contributed by atoms with Crippen LogP contribution in [0.15, 0.2) is 48.0 Å². The summed E-state index contributed by atoms with van der Waals surface area (Å²) in [5.41, 5.74) is 0.943. The fourth-order valence-corrected chi connectivity index (χ4v) is 4.03. The number of non-ortho nitro benzene ring substituents is 1. The number of nitrogens with zero attached hydrogens (tertiary/aromatic N) is 2. The highest BCUT2D eigenvalue weighted by Crippen LogP contribution is 2.40. The number of rotatable bonds is 8. The standard InChI is InChI=1S/C24H27N3O6/c1-15-13-17(9-10-19(15)33-4)22(28)20-21(16-7-5-8-18(14-16)27(31)32)26(24(30)23(20)29)12-6-11-25(2)3/h5,7-10,13-14,21,28H,6,11-12H2,1-4H3/b22-20+. The van der Waals surface area contributed by atoms with Gasteiger partial charge < -0.3 is 19.6 Å². The molecule has 1 heterocycles. The Balaban J connectivity index is 2.15. The Labute approximate surface area is 192 Å². The number of carbonyl (C=O) groups is 2. The van der Waals surface area contributed by atoms with Gasteiger partial charge in [0.05, 0.1) is 38.7 Å². The van der Waals surface area contributed by atoms with Crippen molar-refractivity contribution in [3.63, 3.8) is 0 Å². The van der Waals surface area contributed by atoms with E-state index in [-0.39, 0.29) is 23.4 Å². The van der Waals surface area contributed by atoms with Gasteiger partial charge in [-0.25, -0.2) is 0 Å². The SMILES string of the molecule is COc1ccc(/C([O-])=C2\C(=O)C(=O)N(CCC[NH+](C)C)C2c2cccc([N+](=O)[O-])c2)cc1C. The van der Waals surface area contributed by atoms with Crippen LogP contribution in [-0.2, 0) is 9.59 Å². The number of carbonyl (C=O) groups excluding carboxylic acids is 2. The van der Waals surface area contributed by atoms with Gasteiger partial charge in [0, 0.05) is 30.7 Å². The van der Waals surface area contributed by atoms with Crippen molar-refractivity contribution in [2.24, 2.45) is 0 Å². The van der Waals surface area contributed by atoms with Crippen LogP contribution in [0.4, 0.5) is 5.69 Å². The van der Waals surface area contributed by atoms with E-state index in [4.69, 9.17) is 4.74 Å². The normalized spacial score (nSPS) is 17.6. The minimum absolute atomic E-state index is 0.177. The highest BCUT2D eigenvalue weighted by Gasteiger charge is 2.44. The van der Waals surface area contributed by atoms with Crippen LogP contribution in [0.5, 0.6) is 5.75 Å². The average Bonchev–Trinajstić information content (AvgIpc) is 3.03. The molecule has 0 spiro atoms. The summed E-state index contributed by atoms with van der Waals surface area (Å²) in [7, 11) is 5.47. The number of likely N-dealkylation sites (tertiary alicyclic amines) is 1. The van der Waals surface area contributed by atoms with Crippen LogP contribution in [0.2, 0.25) is 0 Å². The van der Waals surface area contributed by atoms with Gasteiger partial charge in [-0.2, -0.15) is 0 Å². The summed E-state index contributed by atoms with van der Waals surface area (Å²) >= 11 is 0. The quantitative estimate of drug-likeness (QED) is 0.206. The summed E-state index contributed by atoms with van der Waals surface area (Å²) in [5.74, 6) is -1.62. The number of benzene rings is 2. The second kappa shape index (κ2) is 9.83. The predicted molar refractivity (Wildman–Crippen MR) is 120 cm³/mol. The first-order valence-corrected chi connectivity index (χ1v) is 10.6. The highest BCUT2D eigenvalue weighted by molar-refractivity contribution is 6.46. The smallest absolute Gasteiger partial charge is 0.295 e. The molecule has 0 radical (unpaired) electrons. The average molecular weight is 453 g/mol. The van der Waals surface area contributed by atoms with Crippen molar-refractivity contribution in [1.29, 1.82) is 0 Å². The molecule has 1 amide bonds. The molecular formula is C24H27N3O6. The number of amides is 1. The number of nitrogens with one attached hydrogen (secondary N) is 1. The monoisotopic (exact) mass is 453 g/mol. The van der Waals surface area contributed by atoms with Crippen LogP contribution >= 0.6 is 0 Å². The fraction of sp³-hybridized carbons (Fsp3) is 0.333. The largest absolute Gasteiger partial charge is 0.872 e. The zero-order valence-corrected chi connectivity index (χ0v) is 19.1. The van der Waals surface area contributed by atoms with Crippen LogP contribution < -0.4 is 14.7 Å². The molecule has 33 heavy (non-hydrogen) atoms. The number of nitro benzene ring substituents is 1. The predicted octanol–water partition coefficient (Wildman–Crippen LogP) is 0.670. The van der Waals surface area contributed by atoms with Gasteiger partial charge in [-0.1, -0.05) is 24.0 Å². The Morgan fingerprint density at radius 3 is 2.52 bits per heavy atom. The van der Waals surface area contributed by atoms with Crippen LogP contribution in [0.25, 0.3) is 5.76 Å². The van der Waals surface area contributed by atoms with E-state index in [0.29, 0.717) is 23.3 Å². The Hall–Kier alpha value is -3.72. The molecule has 0 aromatic heterocycles. The number of hydrogen-bond donors (Lipinski definition) is 1. The maximum Gasteiger partial charge on any atom is 0.295 e. The zero-order chi connectivity index (χ0) is 24.3. The van der Waals surface area contributed by atoms with Crippen molar-refractivity contribution in [2.75, 3.05) is 34.3 Å². The van der Waals surface area contributed by atoms with E-state index in [0.717, 1.165) is 6.54 Å². The van der Waals surface area contributed by atoms with E-state index in [2.05, 4.69) is 0 Å². The van der Waals surface area contributed by atoms with Crippen molar-refractivity contribution in [2.45, 2.75) is 19.4 Å². The topological polar surface area (TPSA) is 117 Å². The van der Waals surface area contributed by atoms with E-state index in [1.54, 1.807) is 31.2 Å². The number of quaternary nitrogens is 1. The second-order valence-electron chi connectivity index (χ2n) is 8.32. The van der Waals surface area contributed by atoms with E-state index in [1.807, 2.05) is 14.1 Å². The lowest BCUT2D eigenvalue weighted by atomic mass is 9.94. The molecule has 9 nitrogen and oxygen atoms in total. The maximum absolute atomic E-state index is 13.5. The third-order valence-corrected chi connectivity index (χ3v) is 5.66. The Morgan fingerprint density at radius 1 is 1.18 bits per heavy atom.